The van der Waals surface area contributed by atoms with Crippen molar-refractivity contribution in [2.24, 2.45) is 5.73 Å². The molecule has 3 heteroatoms. The number of nitrogens with zero attached hydrogens (tertiary/aromatic N) is 1. The molecule has 2 N–H and O–H groups in total. The van der Waals surface area contributed by atoms with E-state index in [1.807, 2.05) is 0 Å². The molecule has 18 heavy (non-hydrogen) atoms. The van der Waals surface area contributed by atoms with Gasteiger partial charge in [-0.25, -0.2) is 0 Å². The lowest BCUT2D eigenvalue weighted by Gasteiger charge is -2.34. The average Bonchev–Trinajstić information content (AvgIpc) is 3.16. The second-order valence-electron chi connectivity index (χ2n) is 6.54. The van der Waals surface area contributed by atoms with Gasteiger partial charge in [-0.05, 0) is 38.5 Å². The fourth-order valence-corrected chi connectivity index (χ4v) is 3.88. The van der Waals surface area contributed by atoms with Crippen LogP contribution in [0.2, 0.25) is 0 Å². The Balaban J connectivity index is 1.51. The maximum atomic E-state index is 6.46. The van der Waals surface area contributed by atoms with E-state index in [0.717, 1.165) is 25.7 Å². The third-order valence-corrected chi connectivity index (χ3v) is 5.02. The Hall–Kier alpha value is -0.120. The predicted octanol–water partition coefficient (Wildman–Crippen LogP) is 2.29. The van der Waals surface area contributed by atoms with Gasteiger partial charge in [0.15, 0.2) is 0 Å². The summed E-state index contributed by atoms with van der Waals surface area (Å²) in [5.74, 6) is 0. The highest BCUT2D eigenvalue weighted by molar-refractivity contribution is 4.94. The van der Waals surface area contributed by atoms with Crippen LogP contribution in [0.3, 0.4) is 0 Å². The van der Waals surface area contributed by atoms with Crippen molar-refractivity contribution in [2.45, 2.75) is 75.5 Å². The molecule has 104 valence electrons. The van der Waals surface area contributed by atoms with Gasteiger partial charge in [-0.2, -0.15) is 0 Å². The lowest BCUT2D eigenvalue weighted by atomic mass is 9.83. The summed E-state index contributed by atoms with van der Waals surface area (Å²) in [5.41, 5.74) is 6.00. The summed E-state index contributed by atoms with van der Waals surface area (Å²) >= 11 is 0. The molecule has 1 unspecified atom stereocenters. The molecule has 0 radical (unpaired) electrons. The van der Waals surface area contributed by atoms with Crippen molar-refractivity contribution in [3.63, 3.8) is 0 Å². The molecule has 3 fully saturated rings. The first-order chi connectivity index (χ1) is 8.81. The summed E-state index contributed by atoms with van der Waals surface area (Å²) in [4.78, 5) is 2.58. The molecule has 0 bridgehead atoms. The summed E-state index contributed by atoms with van der Waals surface area (Å²) in [6, 6.07) is 0.819. The normalized spacial score (nSPS) is 31.3. The van der Waals surface area contributed by atoms with Crippen molar-refractivity contribution >= 4 is 0 Å². The minimum Gasteiger partial charge on any atom is -0.370 e. The molecule has 0 aromatic rings. The first-order valence-corrected chi connectivity index (χ1v) is 7.93. The largest absolute Gasteiger partial charge is 0.370 e. The molecule has 3 nitrogen and oxygen atoms in total. The van der Waals surface area contributed by atoms with Gasteiger partial charge in [-0.15, -0.1) is 0 Å². The maximum absolute atomic E-state index is 6.46. The summed E-state index contributed by atoms with van der Waals surface area (Å²) in [6.07, 6.45) is 12.6. The van der Waals surface area contributed by atoms with E-state index in [1.165, 1.54) is 57.8 Å². The van der Waals surface area contributed by atoms with E-state index in [1.54, 1.807) is 0 Å². The summed E-state index contributed by atoms with van der Waals surface area (Å²) in [6.45, 7) is 2.97. The van der Waals surface area contributed by atoms with Gasteiger partial charge in [0.2, 0.25) is 0 Å². The SMILES string of the molecule is NCCN(CC1CCC2(CCCCC2)O1)C1CC1. The van der Waals surface area contributed by atoms with Crippen LogP contribution in [0, 0.1) is 0 Å². The second kappa shape index (κ2) is 5.48. The van der Waals surface area contributed by atoms with Crippen LogP contribution in [0.1, 0.15) is 57.8 Å². The molecule has 3 rings (SSSR count). The van der Waals surface area contributed by atoms with E-state index in [9.17, 15) is 0 Å². The Morgan fingerprint density at radius 3 is 2.50 bits per heavy atom. The standard InChI is InChI=1S/C15H28N2O/c16-10-11-17(13-4-5-13)12-14-6-9-15(18-14)7-2-1-3-8-15/h13-14H,1-12,16H2. The molecule has 1 aliphatic heterocycles. The van der Waals surface area contributed by atoms with Gasteiger partial charge in [-0.3, -0.25) is 4.90 Å². The highest BCUT2D eigenvalue weighted by atomic mass is 16.5. The van der Waals surface area contributed by atoms with E-state index >= 15 is 0 Å². The quantitative estimate of drug-likeness (QED) is 0.816. The Labute approximate surface area is 111 Å². The summed E-state index contributed by atoms with van der Waals surface area (Å²) in [5, 5.41) is 0. The van der Waals surface area contributed by atoms with E-state index in [0.29, 0.717) is 6.10 Å². The highest BCUT2D eigenvalue weighted by Gasteiger charge is 2.42. The molecular formula is C15H28N2O. The first-order valence-electron chi connectivity index (χ1n) is 7.93. The van der Waals surface area contributed by atoms with E-state index in [-0.39, 0.29) is 5.60 Å². The van der Waals surface area contributed by atoms with Crippen LogP contribution in [0.4, 0.5) is 0 Å². The number of rotatable bonds is 5. The molecule has 1 spiro atoms. The lowest BCUT2D eigenvalue weighted by Crippen LogP contribution is -2.39. The van der Waals surface area contributed by atoms with E-state index in [2.05, 4.69) is 4.90 Å². The zero-order chi connectivity index (χ0) is 12.4. The Kier molecular flexibility index (Phi) is 3.92. The van der Waals surface area contributed by atoms with Gasteiger partial charge in [0.1, 0.15) is 0 Å². The molecular weight excluding hydrogens is 224 g/mol. The topological polar surface area (TPSA) is 38.5 Å². The van der Waals surface area contributed by atoms with Crippen LogP contribution in [0.15, 0.2) is 0 Å². The number of hydrogen-bond acceptors (Lipinski definition) is 3. The Morgan fingerprint density at radius 1 is 1.06 bits per heavy atom. The average molecular weight is 252 g/mol. The maximum Gasteiger partial charge on any atom is 0.0710 e. The zero-order valence-electron chi connectivity index (χ0n) is 11.6. The molecule has 1 atom stereocenters. The van der Waals surface area contributed by atoms with Gasteiger partial charge in [-0.1, -0.05) is 19.3 Å². The number of nitrogens with two attached hydrogens (primary N) is 1. The molecule has 1 heterocycles. The van der Waals surface area contributed by atoms with E-state index < -0.39 is 0 Å². The molecule has 0 aromatic heterocycles. The number of ether oxygens (including phenoxy) is 1. The molecule has 0 aromatic carbocycles. The third kappa shape index (κ3) is 2.89. The summed E-state index contributed by atoms with van der Waals surface area (Å²) < 4.78 is 6.46. The number of hydrogen-bond donors (Lipinski definition) is 1. The third-order valence-electron chi connectivity index (χ3n) is 5.02. The van der Waals surface area contributed by atoms with Gasteiger partial charge in [0.25, 0.3) is 0 Å². The fraction of sp³-hybridized carbons (Fsp3) is 1.00. The Morgan fingerprint density at radius 2 is 1.83 bits per heavy atom. The Bertz CT molecular complexity index is 272. The van der Waals surface area contributed by atoms with Crippen LogP contribution >= 0.6 is 0 Å². The molecule has 2 aliphatic carbocycles. The van der Waals surface area contributed by atoms with Crippen molar-refractivity contribution in [1.82, 2.24) is 4.90 Å². The van der Waals surface area contributed by atoms with E-state index in [4.69, 9.17) is 10.5 Å². The van der Waals surface area contributed by atoms with Crippen LogP contribution < -0.4 is 5.73 Å². The molecule has 1 saturated heterocycles. The second-order valence-corrected chi connectivity index (χ2v) is 6.54. The van der Waals surface area contributed by atoms with Crippen molar-refractivity contribution in [2.75, 3.05) is 19.6 Å². The van der Waals surface area contributed by atoms with Crippen LogP contribution in [-0.2, 0) is 4.74 Å². The van der Waals surface area contributed by atoms with Crippen LogP contribution in [0.25, 0.3) is 0 Å². The van der Waals surface area contributed by atoms with Crippen molar-refractivity contribution in [3.8, 4) is 0 Å². The monoisotopic (exact) mass is 252 g/mol. The fourth-order valence-electron chi connectivity index (χ4n) is 3.88. The predicted molar refractivity (Wildman–Crippen MR) is 73.6 cm³/mol. The highest BCUT2D eigenvalue weighted by Crippen LogP contribution is 2.42. The van der Waals surface area contributed by atoms with Crippen molar-refractivity contribution in [1.29, 1.82) is 0 Å². The van der Waals surface area contributed by atoms with Crippen molar-refractivity contribution < 1.29 is 4.74 Å². The van der Waals surface area contributed by atoms with Crippen LogP contribution in [0.5, 0.6) is 0 Å². The molecule has 2 saturated carbocycles. The molecule has 3 aliphatic rings. The van der Waals surface area contributed by atoms with Gasteiger partial charge in [0, 0.05) is 25.7 Å². The minimum absolute atomic E-state index is 0.279. The van der Waals surface area contributed by atoms with Gasteiger partial charge >= 0.3 is 0 Å². The smallest absolute Gasteiger partial charge is 0.0710 e. The van der Waals surface area contributed by atoms with Crippen LogP contribution in [-0.4, -0.2) is 42.3 Å². The minimum atomic E-state index is 0.279. The van der Waals surface area contributed by atoms with Gasteiger partial charge in [0.05, 0.1) is 11.7 Å². The zero-order valence-corrected chi connectivity index (χ0v) is 11.6. The van der Waals surface area contributed by atoms with Crippen molar-refractivity contribution in [3.05, 3.63) is 0 Å². The lowest BCUT2D eigenvalue weighted by molar-refractivity contribution is -0.0722. The molecule has 0 amide bonds. The summed E-state index contributed by atoms with van der Waals surface area (Å²) in [7, 11) is 0. The van der Waals surface area contributed by atoms with Gasteiger partial charge < -0.3 is 10.5 Å². The first kappa shape index (κ1) is 12.9.